The largest absolute Gasteiger partial charge is 0.304 e. The van der Waals surface area contributed by atoms with Gasteiger partial charge in [0, 0.05) is 10.8 Å². The first-order chi connectivity index (χ1) is 3.56. The van der Waals surface area contributed by atoms with E-state index in [9.17, 15) is 0 Å². The van der Waals surface area contributed by atoms with Crippen LogP contribution in [0.1, 0.15) is 0 Å². The van der Waals surface area contributed by atoms with Crippen LogP contribution in [0.2, 0.25) is 25.7 Å². The summed E-state index contributed by atoms with van der Waals surface area (Å²) in [6.45, 7) is 6.78. The second kappa shape index (κ2) is 2.80. The fraction of sp³-hybridized carbons (Fsp3) is 0.800. The summed E-state index contributed by atoms with van der Waals surface area (Å²) in [6, 6.07) is 1.02. The highest BCUT2D eigenvalue weighted by atomic mass is 28.3. The van der Waals surface area contributed by atoms with Crippen molar-refractivity contribution >= 4 is 14.3 Å². The number of hydrogen-bond acceptors (Lipinski definition) is 1. The van der Waals surface area contributed by atoms with E-state index >= 15 is 0 Å². The van der Waals surface area contributed by atoms with Gasteiger partial charge in [0.2, 0.25) is 0 Å². The van der Waals surface area contributed by atoms with Crippen LogP contribution in [-0.2, 0) is 0 Å². The molecule has 0 fully saturated rings. The first-order valence-electron chi connectivity index (χ1n) is 2.74. The molecule has 1 N–H and O–H groups in total. The summed E-state index contributed by atoms with van der Waals surface area (Å²) in [6.07, 6.45) is 1.69. The fourth-order valence-corrected chi connectivity index (χ4v) is 0.959. The third-order valence-corrected chi connectivity index (χ3v) is 2.20. The van der Waals surface area contributed by atoms with Crippen molar-refractivity contribution in [1.29, 1.82) is 5.53 Å². The van der Waals surface area contributed by atoms with Crippen LogP contribution in [0.3, 0.4) is 0 Å². The molecule has 0 aromatic carbocycles. The Bertz CT molecular complexity index is 108. The average molecular weight is 129 g/mol. The van der Waals surface area contributed by atoms with Gasteiger partial charge in [-0.05, 0) is 0 Å². The Morgan fingerprint density at radius 2 is 2.00 bits per heavy atom. The molecule has 0 bridgehead atoms. The van der Waals surface area contributed by atoms with Gasteiger partial charge in [-0.15, -0.1) is 0 Å². The minimum atomic E-state index is -0.947. The van der Waals surface area contributed by atoms with Gasteiger partial charge in [0.25, 0.3) is 0 Å². The maximum Gasteiger partial charge on any atom is 0.304 e. The quantitative estimate of drug-likeness (QED) is 0.255. The van der Waals surface area contributed by atoms with Crippen LogP contribution in [0.5, 0.6) is 0 Å². The fourth-order valence-electron chi connectivity index (χ4n) is 0.320. The molecule has 0 spiro atoms. The lowest BCUT2D eigenvalue weighted by atomic mass is 10.9. The van der Waals surface area contributed by atoms with Gasteiger partial charge >= 0.3 is 6.21 Å². The van der Waals surface area contributed by atoms with Crippen molar-refractivity contribution in [3.63, 3.8) is 0 Å². The molecule has 8 heavy (non-hydrogen) atoms. The second-order valence-corrected chi connectivity index (χ2v) is 8.61. The molecular formula is C5H13N2Si+. The highest BCUT2D eigenvalue weighted by Gasteiger charge is 2.13. The van der Waals surface area contributed by atoms with Crippen molar-refractivity contribution in [2.45, 2.75) is 25.7 Å². The molecule has 0 aliphatic heterocycles. The molecule has 0 rings (SSSR count). The lowest BCUT2D eigenvalue weighted by Gasteiger charge is -2.06. The van der Waals surface area contributed by atoms with Gasteiger partial charge in [-0.2, -0.15) is 0 Å². The maximum atomic E-state index is 6.47. The summed E-state index contributed by atoms with van der Waals surface area (Å²) in [5, 5.41) is 0. The molecule has 2 nitrogen and oxygen atoms in total. The van der Waals surface area contributed by atoms with Gasteiger partial charge in [-0.1, -0.05) is 19.6 Å². The minimum Gasteiger partial charge on any atom is -0.0691 e. The predicted octanol–water partition coefficient (Wildman–Crippen LogP) is 1.63. The molecule has 46 valence electrons. The molecule has 0 aliphatic carbocycles. The van der Waals surface area contributed by atoms with E-state index in [0.29, 0.717) is 0 Å². The van der Waals surface area contributed by atoms with Gasteiger partial charge in [0.1, 0.15) is 0 Å². The van der Waals surface area contributed by atoms with E-state index < -0.39 is 8.07 Å². The SMILES string of the molecule is C[Si](C)(C)CC=[N+]=N. The topological polar surface area (TPSA) is 38.0 Å². The Morgan fingerprint density at radius 1 is 1.50 bits per heavy atom. The summed E-state index contributed by atoms with van der Waals surface area (Å²) in [7, 11) is -0.947. The summed E-state index contributed by atoms with van der Waals surface area (Å²) in [5.74, 6) is 0. The Hall–Kier alpha value is -0.403. The molecule has 3 heteroatoms. The molecule has 0 aromatic heterocycles. The number of nitrogens with zero attached hydrogens (tertiary/aromatic N) is 1. The first-order valence-corrected chi connectivity index (χ1v) is 6.45. The Balaban J connectivity index is 3.55. The predicted molar refractivity (Wildman–Crippen MR) is 37.2 cm³/mol. The van der Waals surface area contributed by atoms with Crippen LogP contribution in [0.15, 0.2) is 0 Å². The highest BCUT2D eigenvalue weighted by Crippen LogP contribution is 2.03. The minimum absolute atomic E-state index is 0.947. The molecule has 0 atom stereocenters. The first kappa shape index (κ1) is 7.60. The molecular weight excluding hydrogens is 116 g/mol. The van der Waals surface area contributed by atoms with Crippen molar-refractivity contribution < 1.29 is 4.79 Å². The average Bonchev–Trinajstić information content (AvgIpc) is 1.59. The van der Waals surface area contributed by atoms with E-state index in [1.54, 1.807) is 6.21 Å². The van der Waals surface area contributed by atoms with Gasteiger partial charge in [0.05, 0.1) is 13.6 Å². The Morgan fingerprint density at radius 3 is 2.12 bits per heavy atom. The summed E-state index contributed by atoms with van der Waals surface area (Å²) < 4.78 is 0. The van der Waals surface area contributed by atoms with E-state index in [4.69, 9.17) is 5.53 Å². The van der Waals surface area contributed by atoms with Gasteiger partial charge < -0.3 is 0 Å². The monoisotopic (exact) mass is 129 g/mol. The lowest BCUT2D eigenvalue weighted by Crippen LogP contribution is -2.19. The molecule has 0 amide bonds. The number of hydrogen-bond donors (Lipinski definition) is 1. The van der Waals surface area contributed by atoms with Gasteiger partial charge in [-0.3, -0.25) is 0 Å². The van der Waals surface area contributed by atoms with Crippen molar-refractivity contribution in [3.8, 4) is 0 Å². The maximum absolute atomic E-state index is 6.47. The number of nitrogens with one attached hydrogen (secondary N) is 1. The molecule has 0 radical (unpaired) electrons. The molecule has 0 saturated carbocycles. The van der Waals surface area contributed by atoms with Crippen LogP contribution < -0.4 is 0 Å². The summed E-state index contributed by atoms with van der Waals surface area (Å²) >= 11 is 0. The molecule has 0 unspecified atom stereocenters. The molecule has 0 saturated heterocycles. The van der Waals surface area contributed by atoms with Crippen molar-refractivity contribution in [3.05, 3.63) is 0 Å². The van der Waals surface area contributed by atoms with E-state index in [1.165, 1.54) is 0 Å². The molecule has 0 heterocycles. The third-order valence-electron chi connectivity index (χ3n) is 0.795. The zero-order chi connectivity index (χ0) is 6.62. The van der Waals surface area contributed by atoms with Crippen LogP contribution in [-0.4, -0.2) is 19.1 Å². The van der Waals surface area contributed by atoms with E-state index in [2.05, 4.69) is 24.4 Å². The van der Waals surface area contributed by atoms with Crippen LogP contribution in [0.4, 0.5) is 0 Å². The standard InChI is InChI=1S/C5H13N2Si/c1-8(2,3)5-4-7-6/h4,6H,5H2,1-3H3/q+1. The van der Waals surface area contributed by atoms with Crippen molar-refractivity contribution in [2.75, 3.05) is 0 Å². The lowest BCUT2D eigenvalue weighted by molar-refractivity contribution is -0.112. The van der Waals surface area contributed by atoms with Crippen molar-refractivity contribution in [1.82, 2.24) is 0 Å². The smallest absolute Gasteiger partial charge is 0.0691 e. The highest BCUT2D eigenvalue weighted by molar-refractivity contribution is 6.78. The van der Waals surface area contributed by atoms with E-state index in [-0.39, 0.29) is 0 Å². The van der Waals surface area contributed by atoms with Gasteiger partial charge in [-0.25, -0.2) is 0 Å². The zero-order valence-electron chi connectivity index (χ0n) is 5.73. The van der Waals surface area contributed by atoms with Crippen molar-refractivity contribution in [2.24, 2.45) is 0 Å². The van der Waals surface area contributed by atoms with E-state index in [0.717, 1.165) is 6.04 Å². The zero-order valence-corrected chi connectivity index (χ0v) is 6.73. The Labute approximate surface area is 51.2 Å². The van der Waals surface area contributed by atoms with Crippen LogP contribution in [0.25, 0.3) is 0 Å². The molecule has 0 aliphatic rings. The second-order valence-electron chi connectivity index (χ2n) is 3.08. The summed E-state index contributed by atoms with van der Waals surface area (Å²) in [4.78, 5) is 3.18. The summed E-state index contributed by atoms with van der Waals surface area (Å²) in [5.41, 5.74) is 6.47. The van der Waals surface area contributed by atoms with Crippen LogP contribution in [0, 0.1) is 5.53 Å². The third kappa shape index (κ3) is 5.60. The van der Waals surface area contributed by atoms with Crippen LogP contribution >= 0.6 is 0 Å². The molecule has 0 aromatic rings. The van der Waals surface area contributed by atoms with E-state index in [1.807, 2.05) is 0 Å². The number of rotatable bonds is 2. The van der Waals surface area contributed by atoms with Gasteiger partial charge in [0.15, 0.2) is 0 Å². The Kier molecular flexibility index (Phi) is 2.66. The normalized spacial score (nSPS) is 10.4.